The Hall–Kier alpha value is -1.56. The van der Waals surface area contributed by atoms with E-state index >= 15 is 0 Å². The predicted molar refractivity (Wildman–Crippen MR) is 109 cm³/mol. The summed E-state index contributed by atoms with van der Waals surface area (Å²) < 4.78 is 27.9. The third-order valence-corrected chi connectivity index (χ3v) is 6.07. The van der Waals surface area contributed by atoms with E-state index < -0.39 is 9.84 Å². The number of rotatable bonds is 11. The minimum Gasteiger partial charge on any atom is -0.494 e. The highest BCUT2D eigenvalue weighted by Crippen LogP contribution is 2.27. The maximum Gasteiger partial charge on any atom is 0.251 e. The molecule has 0 atom stereocenters. The number of ether oxygens (including phenoxy) is 1. The fourth-order valence-electron chi connectivity index (χ4n) is 3.53. The van der Waals surface area contributed by atoms with Gasteiger partial charge in [0, 0.05) is 18.4 Å². The van der Waals surface area contributed by atoms with Crippen LogP contribution >= 0.6 is 0 Å². The number of unbranched alkanes of at least 4 members (excludes halogenated alkanes) is 2. The minimum absolute atomic E-state index is 0.0549. The molecule has 1 N–H and O–H groups in total. The van der Waals surface area contributed by atoms with Crippen molar-refractivity contribution in [3.8, 4) is 5.75 Å². The van der Waals surface area contributed by atoms with Crippen LogP contribution in [0, 0.1) is 5.92 Å². The molecule has 0 radical (unpaired) electrons. The maximum atomic E-state index is 12.0. The molecule has 1 aliphatic rings. The van der Waals surface area contributed by atoms with Crippen molar-refractivity contribution in [2.75, 3.05) is 25.2 Å². The van der Waals surface area contributed by atoms with Crippen molar-refractivity contribution in [2.24, 2.45) is 5.92 Å². The molecule has 2 rings (SSSR count). The molecule has 27 heavy (non-hydrogen) atoms. The van der Waals surface area contributed by atoms with Gasteiger partial charge in [0.25, 0.3) is 5.91 Å². The molecule has 1 aliphatic carbocycles. The van der Waals surface area contributed by atoms with E-state index in [0.717, 1.165) is 24.3 Å². The lowest BCUT2D eigenvalue weighted by atomic mass is 9.86. The number of sulfone groups is 1. The van der Waals surface area contributed by atoms with Gasteiger partial charge in [-0.15, -0.1) is 0 Å². The molecular formula is C21H33NO4S. The zero-order chi connectivity index (χ0) is 19.5. The van der Waals surface area contributed by atoms with E-state index in [2.05, 4.69) is 5.32 Å². The van der Waals surface area contributed by atoms with E-state index in [9.17, 15) is 13.2 Å². The Morgan fingerprint density at radius 1 is 1.07 bits per heavy atom. The number of benzene rings is 1. The SMILES string of the molecule is CS(=O)(=O)CCNC(=O)c1ccc(OCCCCCC2CCCCC2)cc1. The third-order valence-electron chi connectivity index (χ3n) is 5.13. The lowest BCUT2D eigenvalue weighted by Crippen LogP contribution is -2.28. The van der Waals surface area contributed by atoms with Crippen LogP contribution < -0.4 is 10.1 Å². The van der Waals surface area contributed by atoms with Crippen molar-refractivity contribution in [3.05, 3.63) is 29.8 Å². The van der Waals surface area contributed by atoms with Crippen LogP contribution in [0.4, 0.5) is 0 Å². The van der Waals surface area contributed by atoms with E-state index in [1.807, 2.05) is 0 Å². The number of carbonyl (C=O) groups excluding carboxylic acids is 1. The minimum atomic E-state index is -3.07. The van der Waals surface area contributed by atoms with Crippen molar-refractivity contribution in [3.63, 3.8) is 0 Å². The number of hydrogen-bond acceptors (Lipinski definition) is 4. The first-order chi connectivity index (χ1) is 12.9. The second-order valence-electron chi connectivity index (χ2n) is 7.61. The van der Waals surface area contributed by atoms with Gasteiger partial charge in [0.2, 0.25) is 0 Å². The van der Waals surface area contributed by atoms with E-state index in [-0.39, 0.29) is 18.2 Å². The van der Waals surface area contributed by atoms with E-state index in [0.29, 0.717) is 12.2 Å². The second-order valence-corrected chi connectivity index (χ2v) is 9.87. The fraction of sp³-hybridized carbons (Fsp3) is 0.667. The van der Waals surface area contributed by atoms with Gasteiger partial charge in [-0.25, -0.2) is 8.42 Å². The van der Waals surface area contributed by atoms with Crippen LogP contribution in [0.1, 0.15) is 68.1 Å². The molecule has 6 heteroatoms. The van der Waals surface area contributed by atoms with Gasteiger partial charge in [-0.2, -0.15) is 0 Å². The Morgan fingerprint density at radius 2 is 1.78 bits per heavy atom. The fourth-order valence-corrected chi connectivity index (χ4v) is 4.01. The Balaban J connectivity index is 1.58. The van der Waals surface area contributed by atoms with Gasteiger partial charge < -0.3 is 10.1 Å². The van der Waals surface area contributed by atoms with Crippen LogP contribution in [0.3, 0.4) is 0 Å². The summed E-state index contributed by atoms with van der Waals surface area (Å²) in [5.74, 6) is 1.39. The summed E-state index contributed by atoms with van der Waals surface area (Å²) in [6.45, 7) is 0.821. The van der Waals surface area contributed by atoms with Gasteiger partial charge in [0.1, 0.15) is 15.6 Å². The van der Waals surface area contributed by atoms with E-state index in [4.69, 9.17) is 4.74 Å². The molecule has 5 nitrogen and oxygen atoms in total. The van der Waals surface area contributed by atoms with Gasteiger partial charge >= 0.3 is 0 Å². The Morgan fingerprint density at radius 3 is 2.44 bits per heavy atom. The summed E-state index contributed by atoms with van der Waals surface area (Å²) in [5.41, 5.74) is 0.503. The number of amides is 1. The highest BCUT2D eigenvalue weighted by atomic mass is 32.2. The van der Waals surface area contributed by atoms with E-state index in [1.54, 1.807) is 24.3 Å². The van der Waals surface area contributed by atoms with Crippen molar-refractivity contribution in [1.82, 2.24) is 5.32 Å². The van der Waals surface area contributed by atoms with E-state index in [1.165, 1.54) is 51.4 Å². The van der Waals surface area contributed by atoms with Crippen LogP contribution in [0.15, 0.2) is 24.3 Å². The van der Waals surface area contributed by atoms with Gasteiger partial charge in [-0.3, -0.25) is 4.79 Å². The summed E-state index contributed by atoms with van der Waals surface area (Å²) >= 11 is 0. The predicted octanol–water partition coefficient (Wildman–Crippen LogP) is 3.98. The molecule has 0 unspecified atom stereocenters. The lowest BCUT2D eigenvalue weighted by molar-refractivity contribution is 0.0956. The molecule has 1 amide bonds. The third kappa shape index (κ3) is 9.27. The molecule has 0 saturated heterocycles. The molecule has 1 saturated carbocycles. The monoisotopic (exact) mass is 395 g/mol. The zero-order valence-electron chi connectivity index (χ0n) is 16.4. The summed E-state index contributed by atoms with van der Waals surface area (Å²) in [6.07, 6.45) is 13.2. The van der Waals surface area contributed by atoms with Crippen LogP contribution in [0.2, 0.25) is 0 Å². The van der Waals surface area contributed by atoms with Gasteiger partial charge in [-0.05, 0) is 36.6 Å². The Labute approximate surface area is 163 Å². The van der Waals surface area contributed by atoms with Crippen molar-refractivity contribution >= 4 is 15.7 Å². The molecule has 0 bridgehead atoms. The first-order valence-electron chi connectivity index (χ1n) is 10.1. The molecule has 1 fully saturated rings. The van der Waals surface area contributed by atoms with Crippen molar-refractivity contribution < 1.29 is 17.9 Å². The van der Waals surface area contributed by atoms with Crippen LogP contribution in [0.25, 0.3) is 0 Å². The first kappa shape index (κ1) is 21.7. The average molecular weight is 396 g/mol. The van der Waals surface area contributed by atoms with Gasteiger partial charge in [-0.1, -0.05) is 51.4 Å². The summed E-state index contributed by atoms with van der Waals surface area (Å²) in [5, 5.41) is 2.61. The van der Waals surface area contributed by atoms with Crippen molar-refractivity contribution in [2.45, 2.75) is 57.8 Å². The molecule has 152 valence electrons. The highest BCUT2D eigenvalue weighted by molar-refractivity contribution is 7.90. The standard InChI is InChI=1S/C21H33NO4S/c1-27(24,25)17-15-22-21(23)19-11-13-20(14-12-19)26-16-7-3-6-10-18-8-4-2-5-9-18/h11-14,18H,2-10,15-17H2,1H3,(H,22,23). The Kier molecular flexibility index (Phi) is 9.11. The normalized spacial score (nSPS) is 15.4. The smallest absolute Gasteiger partial charge is 0.251 e. The summed E-state index contributed by atoms with van der Waals surface area (Å²) in [6, 6.07) is 6.98. The first-order valence-corrected chi connectivity index (χ1v) is 12.2. The van der Waals surface area contributed by atoms with Crippen molar-refractivity contribution in [1.29, 1.82) is 0 Å². The molecular weight excluding hydrogens is 362 g/mol. The summed E-state index contributed by atoms with van der Waals surface area (Å²) in [4.78, 5) is 12.0. The largest absolute Gasteiger partial charge is 0.494 e. The molecule has 1 aromatic rings. The number of hydrogen-bond donors (Lipinski definition) is 1. The quantitative estimate of drug-likeness (QED) is 0.575. The molecule has 1 aromatic carbocycles. The van der Waals surface area contributed by atoms with Crippen LogP contribution in [-0.2, 0) is 9.84 Å². The molecule has 0 aromatic heterocycles. The molecule has 0 spiro atoms. The second kappa shape index (κ2) is 11.3. The van der Waals surface area contributed by atoms with Gasteiger partial charge in [0.05, 0.1) is 12.4 Å². The molecule has 0 aliphatic heterocycles. The van der Waals surface area contributed by atoms with Gasteiger partial charge in [0.15, 0.2) is 0 Å². The number of carbonyl (C=O) groups is 1. The summed E-state index contributed by atoms with van der Waals surface area (Å²) in [7, 11) is -3.07. The lowest BCUT2D eigenvalue weighted by Gasteiger charge is -2.21. The average Bonchev–Trinajstić information content (AvgIpc) is 2.65. The molecule has 0 heterocycles. The van der Waals surface area contributed by atoms with Crippen LogP contribution in [-0.4, -0.2) is 39.5 Å². The topological polar surface area (TPSA) is 72.5 Å². The zero-order valence-corrected chi connectivity index (χ0v) is 17.2. The number of nitrogens with one attached hydrogen (secondary N) is 1. The Bertz CT molecular complexity index is 664. The highest BCUT2D eigenvalue weighted by Gasteiger charge is 2.12. The maximum absolute atomic E-state index is 12.0. The van der Waals surface area contributed by atoms with Crippen LogP contribution in [0.5, 0.6) is 5.75 Å².